The fourth-order valence-corrected chi connectivity index (χ4v) is 5.01. The Kier molecular flexibility index (Phi) is 3.87. The van der Waals surface area contributed by atoms with Crippen molar-refractivity contribution >= 4 is 34.8 Å². The van der Waals surface area contributed by atoms with Gasteiger partial charge in [0.15, 0.2) is 0 Å². The second-order valence-corrected chi connectivity index (χ2v) is 7.35. The Morgan fingerprint density at radius 3 is 1.40 bits per heavy atom. The van der Waals surface area contributed by atoms with E-state index in [9.17, 15) is 19.8 Å². The molecular formula is C14H18Cl2O4. The Balaban J connectivity index is 2.01. The lowest BCUT2D eigenvalue weighted by molar-refractivity contribution is -0.161. The van der Waals surface area contributed by atoms with E-state index in [1.165, 1.54) is 0 Å². The molecule has 0 radical (unpaired) electrons. The number of carbonyl (C=O) groups excluding carboxylic acids is 2. The number of hydrogen-bond acceptors (Lipinski definition) is 4. The summed E-state index contributed by atoms with van der Waals surface area (Å²) in [5, 5.41) is 19.3. The molecule has 0 aromatic heterocycles. The molecule has 0 heterocycles. The van der Waals surface area contributed by atoms with Gasteiger partial charge in [-0.15, -0.1) is 23.2 Å². The number of fused-ring (bicyclic) bond motifs is 2. The van der Waals surface area contributed by atoms with Crippen LogP contribution in [0, 0.1) is 23.7 Å². The van der Waals surface area contributed by atoms with Crippen LogP contribution in [0.15, 0.2) is 0 Å². The number of halogens is 2. The average Bonchev–Trinajstić information content (AvgIpc) is 2.41. The van der Waals surface area contributed by atoms with Gasteiger partial charge in [0.2, 0.25) is 0 Å². The highest BCUT2D eigenvalue weighted by atomic mass is 35.5. The van der Waals surface area contributed by atoms with Crippen LogP contribution >= 0.6 is 23.2 Å². The lowest BCUT2D eigenvalue weighted by Gasteiger charge is -2.49. The SMILES string of the molecule is O=C1C2C(O)CCC(Cl)C2C(=O)C2C(O)CCC(Cl)C12. The maximum absolute atomic E-state index is 12.7. The highest BCUT2D eigenvalue weighted by Crippen LogP contribution is 2.48. The fraction of sp³-hybridized carbons (Fsp3) is 0.857. The third kappa shape index (κ3) is 2.04. The Morgan fingerprint density at radius 1 is 0.700 bits per heavy atom. The molecule has 20 heavy (non-hydrogen) atoms. The summed E-state index contributed by atoms with van der Waals surface area (Å²) < 4.78 is 0. The van der Waals surface area contributed by atoms with Crippen LogP contribution in [-0.2, 0) is 9.59 Å². The van der Waals surface area contributed by atoms with Crippen LogP contribution in [0.25, 0.3) is 0 Å². The number of hydrogen-bond donors (Lipinski definition) is 2. The Bertz CT molecular complexity index is 365. The smallest absolute Gasteiger partial charge is 0.144 e. The molecule has 0 aliphatic heterocycles. The second-order valence-electron chi connectivity index (χ2n) is 6.23. The van der Waals surface area contributed by atoms with E-state index >= 15 is 0 Å². The first kappa shape index (κ1) is 14.8. The number of aliphatic hydroxyl groups is 2. The molecule has 3 aliphatic rings. The summed E-state index contributed by atoms with van der Waals surface area (Å²) in [6.07, 6.45) is 0.245. The van der Waals surface area contributed by atoms with Gasteiger partial charge in [0.05, 0.1) is 24.0 Å². The van der Waals surface area contributed by atoms with E-state index in [0.29, 0.717) is 25.7 Å². The minimum Gasteiger partial charge on any atom is -0.392 e. The van der Waals surface area contributed by atoms with Crippen LogP contribution in [0.3, 0.4) is 0 Å². The first-order valence-corrected chi connectivity index (χ1v) is 8.02. The number of aliphatic hydroxyl groups excluding tert-OH is 2. The largest absolute Gasteiger partial charge is 0.392 e. The monoisotopic (exact) mass is 320 g/mol. The second kappa shape index (κ2) is 5.24. The normalized spacial score (nSPS) is 52.4. The molecule has 0 bridgehead atoms. The highest BCUT2D eigenvalue weighted by molar-refractivity contribution is 6.25. The average molecular weight is 321 g/mol. The van der Waals surface area contributed by atoms with Gasteiger partial charge in [0, 0.05) is 22.6 Å². The summed E-state index contributed by atoms with van der Waals surface area (Å²) in [7, 11) is 0. The number of ketones is 2. The van der Waals surface area contributed by atoms with Crippen molar-refractivity contribution in [1.29, 1.82) is 0 Å². The van der Waals surface area contributed by atoms with E-state index in [0.717, 1.165) is 0 Å². The van der Waals surface area contributed by atoms with Crippen molar-refractivity contribution in [2.24, 2.45) is 23.7 Å². The van der Waals surface area contributed by atoms with Gasteiger partial charge in [0.25, 0.3) is 0 Å². The summed E-state index contributed by atoms with van der Waals surface area (Å²) in [5.41, 5.74) is 0. The zero-order valence-electron chi connectivity index (χ0n) is 10.9. The van der Waals surface area contributed by atoms with Crippen LogP contribution in [0.4, 0.5) is 0 Å². The zero-order chi connectivity index (χ0) is 14.6. The standard InChI is InChI=1S/C14H18Cl2O4/c15-5-1-3-7(17)11-9(5)13(19)12-8(18)4-2-6(16)10(12)14(11)20/h5-12,17-18H,1-4H2. The molecule has 8 atom stereocenters. The predicted octanol–water partition coefficient (Wildman–Crippen LogP) is 1.13. The van der Waals surface area contributed by atoms with Gasteiger partial charge in [-0.2, -0.15) is 0 Å². The first-order valence-electron chi connectivity index (χ1n) is 7.15. The van der Waals surface area contributed by atoms with Crippen LogP contribution in [0.1, 0.15) is 25.7 Å². The molecule has 0 spiro atoms. The summed E-state index contributed by atoms with van der Waals surface area (Å²) in [4.78, 5) is 25.4. The third-order valence-corrected chi connectivity index (χ3v) is 6.15. The van der Waals surface area contributed by atoms with E-state index in [1.807, 2.05) is 0 Å². The van der Waals surface area contributed by atoms with Crippen molar-refractivity contribution in [3.8, 4) is 0 Å². The fourth-order valence-electron chi connectivity index (χ4n) is 4.19. The maximum atomic E-state index is 12.7. The number of Topliss-reactive ketones (excluding diaryl/α,β-unsaturated/α-hetero) is 2. The summed E-state index contributed by atoms with van der Waals surface area (Å²) in [6.45, 7) is 0. The van der Waals surface area contributed by atoms with Gasteiger partial charge in [-0.05, 0) is 25.7 Å². The topological polar surface area (TPSA) is 74.6 Å². The molecule has 6 heteroatoms. The molecule has 0 amide bonds. The lowest BCUT2D eigenvalue weighted by atomic mass is 9.57. The Labute approximate surface area is 127 Å². The van der Waals surface area contributed by atoms with E-state index in [1.54, 1.807) is 0 Å². The van der Waals surface area contributed by atoms with Crippen LogP contribution in [-0.4, -0.2) is 44.7 Å². The molecule has 2 N–H and O–H groups in total. The van der Waals surface area contributed by atoms with Gasteiger partial charge in [-0.25, -0.2) is 0 Å². The van der Waals surface area contributed by atoms with Gasteiger partial charge >= 0.3 is 0 Å². The molecule has 0 aromatic carbocycles. The van der Waals surface area contributed by atoms with Gasteiger partial charge in [-0.1, -0.05) is 0 Å². The van der Waals surface area contributed by atoms with Crippen molar-refractivity contribution in [2.45, 2.75) is 48.6 Å². The highest BCUT2D eigenvalue weighted by Gasteiger charge is 2.59. The van der Waals surface area contributed by atoms with Crippen molar-refractivity contribution in [3.63, 3.8) is 0 Å². The maximum Gasteiger partial charge on any atom is 0.144 e. The van der Waals surface area contributed by atoms with Gasteiger partial charge < -0.3 is 10.2 Å². The van der Waals surface area contributed by atoms with E-state index in [2.05, 4.69) is 0 Å². The van der Waals surface area contributed by atoms with Gasteiger partial charge in [0.1, 0.15) is 11.6 Å². The molecule has 0 aromatic rings. The van der Waals surface area contributed by atoms with E-state index in [-0.39, 0.29) is 11.6 Å². The minimum absolute atomic E-state index is 0.184. The number of alkyl halides is 2. The molecule has 0 saturated heterocycles. The summed E-state index contributed by atoms with van der Waals surface area (Å²) >= 11 is 12.5. The van der Waals surface area contributed by atoms with E-state index < -0.39 is 46.6 Å². The van der Waals surface area contributed by atoms with Crippen molar-refractivity contribution in [1.82, 2.24) is 0 Å². The third-order valence-electron chi connectivity index (χ3n) is 5.17. The first-order chi connectivity index (χ1) is 9.43. The Morgan fingerprint density at radius 2 is 1.05 bits per heavy atom. The van der Waals surface area contributed by atoms with Gasteiger partial charge in [-0.3, -0.25) is 9.59 Å². The molecule has 4 nitrogen and oxygen atoms in total. The van der Waals surface area contributed by atoms with Crippen LogP contribution in [0.5, 0.6) is 0 Å². The minimum atomic E-state index is -0.824. The summed E-state index contributed by atoms with van der Waals surface area (Å²) in [5.74, 6) is -3.21. The number of carbonyl (C=O) groups is 2. The number of rotatable bonds is 0. The molecule has 8 unspecified atom stereocenters. The summed E-state index contributed by atoms with van der Waals surface area (Å²) in [6, 6.07) is 0. The molecule has 3 fully saturated rings. The lowest BCUT2D eigenvalue weighted by Crippen LogP contribution is -2.61. The molecular weight excluding hydrogens is 303 g/mol. The molecule has 112 valence electrons. The molecule has 3 rings (SSSR count). The van der Waals surface area contributed by atoms with Crippen LogP contribution in [0.2, 0.25) is 0 Å². The van der Waals surface area contributed by atoms with E-state index in [4.69, 9.17) is 23.2 Å². The van der Waals surface area contributed by atoms with Crippen molar-refractivity contribution in [2.75, 3.05) is 0 Å². The Hall–Kier alpha value is -0.160. The molecule has 3 aliphatic carbocycles. The predicted molar refractivity (Wildman–Crippen MR) is 73.7 cm³/mol. The zero-order valence-corrected chi connectivity index (χ0v) is 12.4. The van der Waals surface area contributed by atoms with Crippen LogP contribution < -0.4 is 0 Å². The van der Waals surface area contributed by atoms with Crippen molar-refractivity contribution in [3.05, 3.63) is 0 Å². The molecule has 3 saturated carbocycles. The quantitative estimate of drug-likeness (QED) is 0.656. The van der Waals surface area contributed by atoms with Crippen molar-refractivity contribution < 1.29 is 19.8 Å².